The number of anilines is 2. The van der Waals surface area contributed by atoms with Crippen LogP contribution in [-0.2, 0) is 10.3 Å². The highest BCUT2D eigenvalue weighted by atomic mass is 35.5. The average molecular weight is 414 g/mol. The molecule has 2 atom stereocenters. The van der Waals surface area contributed by atoms with Crippen molar-refractivity contribution < 1.29 is 9.90 Å². The van der Waals surface area contributed by atoms with E-state index in [0.29, 0.717) is 23.9 Å². The molecule has 6 rings (SSSR count). The molecule has 1 heterocycles. The van der Waals surface area contributed by atoms with Gasteiger partial charge in [0.05, 0.1) is 23.8 Å². The fourth-order valence-corrected chi connectivity index (χ4v) is 6.89. The first kappa shape index (κ1) is 18.7. The maximum absolute atomic E-state index is 13.2. The number of carboxylic acid groups (broad SMARTS) is 1. The highest BCUT2D eigenvalue weighted by Gasteiger charge is 2.59. The Kier molecular flexibility index (Phi) is 4.24. The van der Waals surface area contributed by atoms with Gasteiger partial charge in [-0.15, -0.1) is 0 Å². The minimum absolute atomic E-state index is 0.131. The van der Waals surface area contributed by atoms with E-state index >= 15 is 0 Å². The van der Waals surface area contributed by atoms with Crippen molar-refractivity contribution in [1.29, 1.82) is 0 Å². The Morgan fingerprint density at radius 3 is 2.55 bits per heavy atom. The lowest BCUT2D eigenvalue weighted by atomic mass is 9.46. The zero-order valence-electron chi connectivity index (χ0n) is 16.1. The van der Waals surface area contributed by atoms with Crippen LogP contribution in [0, 0.1) is 17.3 Å². The normalized spacial score (nSPS) is 32.3. The molecule has 0 aliphatic heterocycles. The largest absolute Gasteiger partial charge is 0.481 e. The maximum atomic E-state index is 13.2. The second kappa shape index (κ2) is 6.59. The number of carbonyl (C=O) groups is 1. The number of hydrogen-bond acceptors (Lipinski definition) is 4. The molecule has 4 fully saturated rings. The Labute approximate surface area is 173 Å². The van der Waals surface area contributed by atoms with Crippen LogP contribution in [0.15, 0.2) is 41.3 Å². The molecule has 0 radical (unpaired) electrons. The first-order valence-electron chi connectivity index (χ1n) is 10.2. The fourth-order valence-electron chi connectivity index (χ4n) is 6.71. The summed E-state index contributed by atoms with van der Waals surface area (Å²) in [6, 6.07) is 9.53. The van der Waals surface area contributed by atoms with Gasteiger partial charge < -0.3 is 10.4 Å². The summed E-state index contributed by atoms with van der Waals surface area (Å²) in [7, 11) is 0. The quantitative estimate of drug-likeness (QED) is 0.758. The van der Waals surface area contributed by atoms with E-state index in [2.05, 4.69) is 10.4 Å². The summed E-state index contributed by atoms with van der Waals surface area (Å²) >= 11 is 6.48. The molecule has 0 spiro atoms. The summed E-state index contributed by atoms with van der Waals surface area (Å²) in [6.45, 7) is 0. The van der Waals surface area contributed by atoms with E-state index in [-0.39, 0.29) is 22.4 Å². The predicted octanol–water partition coefficient (Wildman–Crippen LogP) is 4.41. The van der Waals surface area contributed by atoms with Gasteiger partial charge in [-0.2, -0.15) is 5.10 Å². The van der Waals surface area contributed by atoms with Crippen molar-refractivity contribution in [3.05, 3.63) is 51.9 Å². The Morgan fingerprint density at radius 1 is 1.21 bits per heavy atom. The molecule has 4 bridgehead atoms. The number of rotatable bonds is 5. The van der Waals surface area contributed by atoms with E-state index in [1.54, 1.807) is 10.9 Å². The molecule has 2 N–H and O–H groups in total. The lowest BCUT2D eigenvalue weighted by Crippen LogP contribution is -2.59. The minimum Gasteiger partial charge on any atom is -0.481 e. The highest BCUT2D eigenvalue weighted by molar-refractivity contribution is 6.33. The van der Waals surface area contributed by atoms with Gasteiger partial charge in [-0.3, -0.25) is 9.59 Å². The summed E-state index contributed by atoms with van der Waals surface area (Å²) in [6.07, 6.45) is 7.32. The van der Waals surface area contributed by atoms with E-state index in [1.807, 2.05) is 30.3 Å². The van der Waals surface area contributed by atoms with E-state index in [0.717, 1.165) is 37.8 Å². The lowest BCUT2D eigenvalue weighted by molar-refractivity contribution is -0.151. The Morgan fingerprint density at radius 2 is 1.90 bits per heavy atom. The van der Waals surface area contributed by atoms with Gasteiger partial charge in [0.25, 0.3) is 5.56 Å². The SMILES string of the molecule is O=C(O)CC12C[C@@H]3C[C@@H](C1)CC(n1ncc(Nc4ccccc4)c(Cl)c1=O)(C3)C2. The molecule has 0 amide bonds. The number of aliphatic carboxylic acids is 1. The molecular formula is C22H24ClN3O3. The molecule has 2 aromatic rings. The van der Waals surface area contributed by atoms with Crippen LogP contribution in [0.2, 0.25) is 5.02 Å². The van der Waals surface area contributed by atoms with Crippen LogP contribution in [0.25, 0.3) is 0 Å². The minimum atomic E-state index is -0.747. The number of nitrogens with one attached hydrogen (secondary N) is 1. The number of benzene rings is 1. The number of nitrogens with zero attached hydrogens (tertiary/aromatic N) is 2. The second-order valence-corrected chi connectivity index (χ2v) is 9.71. The van der Waals surface area contributed by atoms with Crippen molar-refractivity contribution in [2.24, 2.45) is 17.3 Å². The summed E-state index contributed by atoms with van der Waals surface area (Å²) in [5, 5.41) is 17.3. The third kappa shape index (κ3) is 3.14. The van der Waals surface area contributed by atoms with Gasteiger partial charge in [0.2, 0.25) is 0 Å². The average Bonchev–Trinajstić information content (AvgIpc) is 2.64. The molecule has 0 saturated heterocycles. The van der Waals surface area contributed by atoms with Crippen LogP contribution in [0.3, 0.4) is 0 Å². The lowest BCUT2D eigenvalue weighted by Gasteiger charge is -2.61. The molecular weight excluding hydrogens is 390 g/mol. The maximum Gasteiger partial charge on any atom is 0.303 e. The van der Waals surface area contributed by atoms with Crippen molar-refractivity contribution >= 4 is 28.9 Å². The topological polar surface area (TPSA) is 84.2 Å². The van der Waals surface area contributed by atoms with E-state index < -0.39 is 11.5 Å². The first-order valence-corrected chi connectivity index (χ1v) is 10.6. The molecule has 1 aromatic heterocycles. The third-order valence-electron chi connectivity index (χ3n) is 7.10. The Bertz CT molecular complexity index is 1010. The fraction of sp³-hybridized carbons (Fsp3) is 0.500. The van der Waals surface area contributed by atoms with Gasteiger partial charge in [-0.05, 0) is 67.9 Å². The van der Waals surface area contributed by atoms with Crippen molar-refractivity contribution in [3.8, 4) is 0 Å². The van der Waals surface area contributed by atoms with Gasteiger partial charge in [-0.1, -0.05) is 29.8 Å². The van der Waals surface area contributed by atoms with Gasteiger partial charge >= 0.3 is 5.97 Å². The standard InChI is InChI=1S/C22H24ClN3O3/c23-19-17(25-16-4-2-1-3-5-16)12-24-26(20(19)29)22-9-14-6-15(10-22)8-21(7-14,13-22)11-18(27)28/h1-5,12,14-15,25H,6-11,13H2,(H,27,28)/t14-,15-,21?,22?/m0/s1. The summed E-state index contributed by atoms with van der Waals surface area (Å²) in [5.41, 5.74) is 0.406. The molecule has 4 aliphatic carbocycles. The summed E-state index contributed by atoms with van der Waals surface area (Å²) < 4.78 is 1.58. The van der Waals surface area contributed by atoms with Crippen molar-refractivity contribution in [3.63, 3.8) is 0 Å². The number of carboxylic acids is 1. The number of halogens is 1. The number of hydrogen-bond donors (Lipinski definition) is 2. The smallest absolute Gasteiger partial charge is 0.303 e. The summed E-state index contributed by atoms with van der Waals surface area (Å²) in [4.78, 5) is 24.8. The van der Waals surface area contributed by atoms with Crippen LogP contribution in [0.4, 0.5) is 11.4 Å². The zero-order chi connectivity index (χ0) is 20.2. The van der Waals surface area contributed by atoms with Crippen molar-refractivity contribution in [2.45, 2.75) is 50.5 Å². The van der Waals surface area contributed by atoms with Crippen LogP contribution in [0.5, 0.6) is 0 Å². The van der Waals surface area contributed by atoms with Crippen LogP contribution < -0.4 is 10.9 Å². The Hall–Kier alpha value is -2.34. The summed E-state index contributed by atoms with van der Waals surface area (Å²) in [5.74, 6) is 0.179. The zero-order valence-corrected chi connectivity index (χ0v) is 16.9. The predicted molar refractivity (Wildman–Crippen MR) is 111 cm³/mol. The van der Waals surface area contributed by atoms with Crippen LogP contribution in [-0.4, -0.2) is 20.9 Å². The molecule has 6 nitrogen and oxygen atoms in total. The first-order chi connectivity index (χ1) is 13.9. The monoisotopic (exact) mass is 413 g/mol. The van der Waals surface area contributed by atoms with Gasteiger partial charge in [0.1, 0.15) is 5.02 Å². The van der Waals surface area contributed by atoms with Gasteiger partial charge in [-0.25, -0.2) is 4.68 Å². The van der Waals surface area contributed by atoms with Gasteiger partial charge in [0.15, 0.2) is 0 Å². The second-order valence-electron chi connectivity index (χ2n) is 9.34. The van der Waals surface area contributed by atoms with Crippen LogP contribution in [0.1, 0.15) is 44.9 Å². The Balaban J connectivity index is 1.51. The van der Waals surface area contributed by atoms with Crippen molar-refractivity contribution in [2.75, 3.05) is 5.32 Å². The van der Waals surface area contributed by atoms with E-state index in [1.165, 1.54) is 0 Å². The van der Waals surface area contributed by atoms with Crippen molar-refractivity contribution in [1.82, 2.24) is 9.78 Å². The third-order valence-corrected chi connectivity index (χ3v) is 7.46. The molecule has 29 heavy (non-hydrogen) atoms. The van der Waals surface area contributed by atoms with Crippen LogP contribution >= 0.6 is 11.6 Å². The number of para-hydroxylation sites is 1. The molecule has 4 aliphatic rings. The highest BCUT2D eigenvalue weighted by Crippen LogP contribution is 2.65. The van der Waals surface area contributed by atoms with E-state index in [9.17, 15) is 14.7 Å². The number of aromatic nitrogens is 2. The van der Waals surface area contributed by atoms with E-state index in [4.69, 9.17) is 11.6 Å². The molecule has 0 unspecified atom stereocenters. The molecule has 1 aromatic carbocycles. The van der Waals surface area contributed by atoms with Gasteiger partial charge in [0, 0.05) is 5.69 Å². The molecule has 4 saturated carbocycles. The molecule has 7 heteroatoms. The molecule has 152 valence electrons.